The van der Waals surface area contributed by atoms with Crippen LogP contribution in [0.4, 0.5) is 16.4 Å². The maximum Gasteiger partial charge on any atom is 0.407 e. The molecule has 1 aromatic carbocycles. The number of nitrogens with zero attached hydrogens (tertiary/aromatic N) is 4. The van der Waals surface area contributed by atoms with Gasteiger partial charge in [0.2, 0.25) is 5.95 Å². The Kier molecular flexibility index (Phi) is 6.78. The van der Waals surface area contributed by atoms with Crippen LogP contribution in [0.2, 0.25) is 0 Å². The molecular formula is C23H24N6O2. The third-order valence-corrected chi connectivity index (χ3v) is 3.86. The highest BCUT2D eigenvalue weighted by Crippen LogP contribution is 2.19. The zero-order valence-corrected chi connectivity index (χ0v) is 17.9. The van der Waals surface area contributed by atoms with E-state index in [1.54, 1.807) is 13.1 Å². The van der Waals surface area contributed by atoms with E-state index in [1.807, 2.05) is 57.2 Å². The predicted molar refractivity (Wildman–Crippen MR) is 118 cm³/mol. The molecule has 0 radical (unpaired) electrons. The minimum Gasteiger partial charge on any atom is -0.444 e. The summed E-state index contributed by atoms with van der Waals surface area (Å²) >= 11 is 0. The van der Waals surface area contributed by atoms with Gasteiger partial charge in [-0.05, 0) is 63.4 Å². The van der Waals surface area contributed by atoms with Gasteiger partial charge in [0.15, 0.2) is 5.82 Å². The summed E-state index contributed by atoms with van der Waals surface area (Å²) in [6, 6.07) is 11.2. The fourth-order valence-corrected chi connectivity index (χ4v) is 2.64. The molecule has 8 nitrogen and oxygen atoms in total. The summed E-state index contributed by atoms with van der Waals surface area (Å²) in [6.45, 7) is 7.57. The van der Waals surface area contributed by atoms with Gasteiger partial charge in [-0.15, -0.1) is 0 Å². The molecular weight excluding hydrogens is 392 g/mol. The van der Waals surface area contributed by atoms with E-state index in [0.717, 1.165) is 16.8 Å². The number of amides is 1. The van der Waals surface area contributed by atoms with E-state index in [2.05, 4.69) is 42.4 Å². The Hall–Kier alpha value is -3.99. The normalized spacial score (nSPS) is 10.6. The Balaban J connectivity index is 1.70. The quantitative estimate of drug-likeness (QED) is 0.604. The Morgan fingerprint density at radius 2 is 1.97 bits per heavy atom. The fraction of sp³-hybridized carbons (Fsp3) is 0.261. The molecule has 0 unspecified atom stereocenters. The van der Waals surface area contributed by atoms with Gasteiger partial charge in [-0.3, -0.25) is 0 Å². The number of nitrogens with one attached hydrogen (secondary N) is 2. The molecule has 0 saturated carbocycles. The van der Waals surface area contributed by atoms with Crippen LogP contribution in [-0.2, 0) is 11.3 Å². The number of aromatic nitrogens is 4. The molecule has 3 rings (SSSR count). The molecule has 1 amide bonds. The minimum atomic E-state index is -0.539. The summed E-state index contributed by atoms with van der Waals surface area (Å²) in [5, 5.41) is 5.92. The number of pyridine rings is 1. The number of rotatable bonds is 5. The van der Waals surface area contributed by atoms with Crippen molar-refractivity contribution in [1.29, 1.82) is 0 Å². The molecule has 0 atom stereocenters. The van der Waals surface area contributed by atoms with E-state index in [9.17, 15) is 4.79 Å². The van der Waals surface area contributed by atoms with Crippen molar-refractivity contribution in [3.63, 3.8) is 0 Å². The summed E-state index contributed by atoms with van der Waals surface area (Å²) in [7, 11) is 0. The molecule has 0 bridgehead atoms. The number of anilines is 2. The van der Waals surface area contributed by atoms with Crippen LogP contribution in [0.15, 0.2) is 48.9 Å². The lowest BCUT2D eigenvalue weighted by molar-refractivity contribution is 0.0523. The van der Waals surface area contributed by atoms with Crippen molar-refractivity contribution in [3.05, 3.63) is 60.2 Å². The standard InChI is InChI=1S/C23H24N6O2/c1-5-7-18-13-17(10-11-24-18)20-26-15-27-21(29-20)28-19-9-6-8-16(12-19)14-25-22(30)31-23(2,3)4/h6,8-13,15H,14H2,1-4H3,(H,25,30)(H,26,27,28,29). The third-order valence-electron chi connectivity index (χ3n) is 3.86. The zero-order valence-electron chi connectivity index (χ0n) is 17.9. The molecule has 0 saturated heterocycles. The van der Waals surface area contributed by atoms with Crippen LogP contribution in [0.3, 0.4) is 0 Å². The summed E-state index contributed by atoms with van der Waals surface area (Å²) < 4.78 is 5.26. The smallest absolute Gasteiger partial charge is 0.407 e. The second-order valence-corrected chi connectivity index (χ2v) is 7.62. The van der Waals surface area contributed by atoms with Crippen molar-refractivity contribution in [1.82, 2.24) is 25.3 Å². The number of carbonyl (C=O) groups is 1. The van der Waals surface area contributed by atoms with Crippen molar-refractivity contribution in [2.24, 2.45) is 0 Å². The Bertz CT molecular complexity index is 1130. The molecule has 31 heavy (non-hydrogen) atoms. The predicted octanol–water partition coefficient (Wildman–Crippen LogP) is 4.07. The summed E-state index contributed by atoms with van der Waals surface area (Å²) in [5.41, 5.74) is 2.60. The Morgan fingerprint density at radius 3 is 2.74 bits per heavy atom. The molecule has 0 fully saturated rings. The van der Waals surface area contributed by atoms with Gasteiger partial charge in [-0.1, -0.05) is 18.1 Å². The van der Waals surface area contributed by atoms with E-state index in [1.165, 1.54) is 6.33 Å². The van der Waals surface area contributed by atoms with Crippen LogP contribution in [0.1, 0.15) is 39.0 Å². The number of hydrogen-bond donors (Lipinski definition) is 2. The molecule has 2 N–H and O–H groups in total. The second kappa shape index (κ2) is 9.67. The molecule has 2 aromatic heterocycles. The van der Waals surface area contributed by atoms with Gasteiger partial charge in [0.25, 0.3) is 0 Å². The lowest BCUT2D eigenvalue weighted by Crippen LogP contribution is -2.32. The average Bonchev–Trinajstić information content (AvgIpc) is 2.72. The Labute approximate surface area is 181 Å². The van der Waals surface area contributed by atoms with Crippen LogP contribution >= 0.6 is 0 Å². The van der Waals surface area contributed by atoms with E-state index < -0.39 is 11.7 Å². The number of hydrogen-bond acceptors (Lipinski definition) is 7. The van der Waals surface area contributed by atoms with Crippen LogP contribution in [0, 0.1) is 11.8 Å². The van der Waals surface area contributed by atoms with Gasteiger partial charge in [-0.25, -0.2) is 19.7 Å². The molecule has 0 spiro atoms. The van der Waals surface area contributed by atoms with Gasteiger partial charge in [0, 0.05) is 24.0 Å². The molecule has 158 valence electrons. The first-order valence-corrected chi connectivity index (χ1v) is 9.73. The van der Waals surface area contributed by atoms with Gasteiger partial charge >= 0.3 is 6.09 Å². The highest BCUT2D eigenvalue weighted by Gasteiger charge is 2.15. The van der Waals surface area contributed by atoms with Crippen LogP contribution < -0.4 is 10.6 Å². The molecule has 8 heteroatoms. The van der Waals surface area contributed by atoms with Gasteiger partial charge < -0.3 is 15.4 Å². The Morgan fingerprint density at radius 1 is 1.13 bits per heavy atom. The maximum atomic E-state index is 11.9. The number of ether oxygens (including phenoxy) is 1. The van der Waals surface area contributed by atoms with Crippen molar-refractivity contribution in [2.75, 3.05) is 5.32 Å². The summed E-state index contributed by atoms with van der Waals surface area (Å²) in [6.07, 6.45) is 2.66. The van der Waals surface area contributed by atoms with E-state index >= 15 is 0 Å². The number of carbonyl (C=O) groups excluding carboxylic acids is 1. The van der Waals surface area contributed by atoms with Crippen LogP contribution in [0.5, 0.6) is 0 Å². The van der Waals surface area contributed by atoms with Crippen molar-refractivity contribution in [3.8, 4) is 23.2 Å². The van der Waals surface area contributed by atoms with E-state index in [4.69, 9.17) is 4.74 Å². The van der Waals surface area contributed by atoms with Gasteiger partial charge in [0.05, 0.1) is 0 Å². The SMILES string of the molecule is CC#Cc1cc(-c2ncnc(Nc3cccc(CNC(=O)OC(C)(C)C)c3)n2)ccn1. The van der Waals surface area contributed by atoms with E-state index in [-0.39, 0.29) is 0 Å². The lowest BCUT2D eigenvalue weighted by Gasteiger charge is -2.19. The van der Waals surface area contributed by atoms with Crippen molar-refractivity contribution in [2.45, 2.75) is 39.8 Å². The number of alkyl carbamates (subject to hydrolysis) is 1. The highest BCUT2D eigenvalue weighted by molar-refractivity contribution is 5.68. The highest BCUT2D eigenvalue weighted by atomic mass is 16.6. The first-order chi connectivity index (χ1) is 14.8. The first kappa shape index (κ1) is 21.7. The second-order valence-electron chi connectivity index (χ2n) is 7.62. The van der Waals surface area contributed by atoms with Gasteiger partial charge in [0.1, 0.15) is 17.6 Å². The lowest BCUT2D eigenvalue weighted by atomic mass is 10.2. The fourth-order valence-electron chi connectivity index (χ4n) is 2.64. The van der Waals surface area contributed by atoms with Crippen LogP contribution in [0.25, 0.3) is 11.4 Å². The van der Waals surface area contributed by atoms with Crippen molar-refractivity contribution < 1.29 is 9.53 Å². The minimum absolute atomic E-state index is 0.338. The van der Waals surface area contributed by atoms with Gasteiger partial charge in [-0.2, -0.15) is 4.98 Å². The molecule has 0 aliphatic rings. The van der Waals surface area contributed by atoms with Crippen molar-refractivity contribution >= 4 is 17.7 Å². The topological polar surface area (TPSA) is 102 Å². The summed E-state index contributed by atoms with van der Waals surface area (Å²) in [5.74, 6) is 6.67. The molecule has 2 heterocycles. The van der Waals surface area contributed by atoms with Crippen LogP contribution in [-0.4, -0.2) is 31.6 Å². The average molecular weight is 416 g/mol. The van der Waals surface area contributed by atoms with E-state index in [0.29, 0.717) is 24.0 Å². The molecule has 3 aromatic rings. The third kappa shape index (κ3) is 6.78. The first-order valence-electron chi connectivity index (χ1n) is 9.73. The largest absolute Gasteiger partial charge is 0.444 e. The molecule has 0 aliphatic heterocycles. The number of benzene rings is 1. The zero-order chi connectivity index (χ0) is 22.3. The summed E-state index contributed by atoms with van der Waals surface area (Å²) in [4.78, 5) is 29.0. The monoisotopic (exact) mass is 416 g/mol. The maximum absolute atomic E-state index is 11.9. The molecule has 0 aliphatic carbocycles.